The first kappa shape index (κ1) is 14.6. The third-order valence-corrected chi connectivity index (χ3v) is 5.62. The maximum Gasteiger partial charge on any atom is 0.256 e. The second kappa shape index (κ2) is 5.82. The van der Waals surface area contributed by atoms with Crippen molar-refractivity contribution in [3.05, 3.63) is 50.2 Å². The molecule has 110 valence electrons. The zero-order valence-corrected chi connectivity index (χ0v) is 13.8. The van der Waals surface area contributed by atoms with Gasteiger partial charge in [0.1, 0.15) is 0 Å². The van der Waals surface area contributed by atoms with Crippen molar-refractivity contribution in [3.8, 4) is 0 Å². The lowest BCUT2D eigenvalue weighted by atomic mass is 9.88. The lowest BCUT2D eigenvalue weighted by Crippen LogP contribution is -2.17. The fourth-order valence-electron chi connectivity index (χ4n) is 2.80. The van der Waals surface area contributed by atoms with Crippen LogP contribution in [0.3, 0.4) is 0 Å². The summed E-state index contributed by atoms with van der Waals surface area (Å²) in [6.07, 6.45) is 3.28. The van der Waals surface area contributed by atoms with Crippen LogP contribution in [0.5, 0.6) is 0 Å². The number of amides is 1. The SMILES string of the molecule is Cc1c(Cl)cccc1NC(=O)c1csc2c1CCC(C)C2. The van der Waals surface area contributed by atoms with E-state index in [0.29, 0.717) is 5.02 Å². The molecule has 2 nitrogen and oxygen atoms in total. The van der Waals surface area contributed by atoms with E-state index in [0.717, 1.165) is 35.6 Å². The first-order valence-corrected chi connectivity index (χ1v) is 8.47. The molecule has 2 aromatic rings. The Bertz CT molecular complexity index is 692. The van der Waals surface area contributed by atoms with Crippen molar-refractivity contribution in [1.29, 1.82) is 0 Å². The molecule has 1 unspecified atom stereocenters. The van der Waals surface area contributed by atoms with Crippen LogP contribution in [0, 0.1) is 12.8 Å². The molecule has 1 aromatic carbocycles. The van der Waals surface area contributed by atoms with Gasteiger partial charge in [-0.3, -0.25) is 4.79 Å². The van der Waals surface area contributed by atoms with Gasteiger partial charge < -0.3 is 5.32 Å². The van der Waals surface area contributed by atoms with Crippen molar-refractivity contribution in [2.45, 2.75) is 33.1 Å². The highest BCUT2D eigenvalue weighted by Gasteiger charge is 2.23. The van der Waals surface area contributed by atoms with Crippen LogP contribution in [0.4, 0.5) is 5.69 Å². The van der Waals surface area contributed by atoms with Crippen LogP contribution < -0.4 is 5.32 Å². The first-order chi connectivity index (χ1) is 10.1. The van der Waals surface area contributed by atoms with Crippen molar-refractivity contribution in [2.75, 3.05) is 5.32 Å². The van der Waals surface area contributed by atoms with Gasteiger partial charge in [0.15, 0.2) is 0 Å². The topological polar surface area (TPSA) is 29.1 Å². The predicted molar refractivity (Wildman–Crippen MR) is 89.7 cm³/mol. The first-order valence-electron chi connectivity index (χ1n) is 7.22. The molecule has 3 rings (SSSR count). The Morgan fingerprint density at radius 3 is 3.05 bits per heavy atom. The van der Waals surface area contributed by atoms with E-state index in [-0.39, 0.29) is 5.91 Å². The molecule has 1 aromatic heterocycles. The maximum absolute atomic E-state index is 12.5. The Morgan fingerprint density at radius 1 is 1.43 bits per heavy atom. The van der Waals surface area contributed by atoms with E-state index in [9.17, 15) is 4.79 Å². The Kier molecular flexibility index (Phi) is 4.05. The molecular weight excluding hydrogens is 302 g/mol. The molecule has 1 aliphatic carbocycles. The molecule has 1 heterocycles. The van der Waals surface area contributed by atoms with E-state index >= 15 is 0 Å². The van der Waals surface area contributed by atoms with E-state index < -0.39 is 0 Å². The molecule has 0 bridgehead atoms. The quantitative estimate of drug-likeness (QED) is 0.821. The molecule has 1 N–H and O–H groups in total. The van der Waals surface area contributed by atoms with Crippen LogP contribution in [0.2, 0.25) is 5.02 Å². The third-order valence-electron chi connectivity index (χ3n) is 4.16. The fraction of sp³-hybridized carbons (Fsp3) is 0.353. The second-order valence-electron chi connectivity index (χ2n) is 5.77. The Balaban J connectivity index is 1.85. The van der Waals surface area contributed by atoms with Crippen LogP contribution in [-0.4, -0.2) is 5.91 Å². The van der Waals surface area contributed by atoms with Crippen LogP contribution in [0.15, 0.2) is 23.6 Å². The van der Waals surface area contributed by atoms with Gasteiger partial charge in [-0.05, 0) is 55.4 Å². The highest BCUT2D eigenvalue weighted by atomic mass is 35.5. The van der Waals surface area contributed by atoms with E-state index in [4.69, 9.17) is 11.6 Å². The molecule has 21 heavy (non-hydrogen) atoms. The van der Waals surface area contributed by atoms with Crippen molar-refractivity contribution >= 4 is 34.5 Å². The Labute approximate surface area is 134 Å². The van der Waals surface area contributed by atoms with Crippen LogP contribution in [0.1, 0.15) is 39.7 Å². The van der Waals surface area contributed by atoms with Crippen LogP contribution in [0.25, 0.3) is 0 Å². The van der Waals surface area contributed by atoms with Crippen molar-refractivity contribution in [2.24, 2.45) is 5.92 Å². The monoisotopic (exact) mass is 319 g/mol. The molecule has 1 amide bonds. The van der Waals surface area contributed by atoms with Gasteiger partial charge in [0.25, 0.3) is 5.91 Å². The number of thiophene rings is 1. The summed E-state index contributed by atoms with van der Waals surface area (Å²) in [5, 5.41) is 5.67. The van der Waals surface area contributed by atoms with E-state index in [1.54, 1.807) is 11.3 Å². The molecule has 0 spiro atoms. The number of halogens is 1. The number of fused-ring (bicyclic) bond motifs is 1. The average Bonchev–Trinajstić information content (AvgIpc) is 2.86. The normalized spacial score (nSPS) is 17.4. The summed E-state index contributed by atoms with van der Waals surface area (Å²) in [4.78, 5) is 13.9. The van der Waals surface area contributed by atoms with Gasteiger partial charge in [0.05, 0.1) is 5.56 Å². The lowest BCUT2D eigenvalue weighted by Gasteiger charge is -2.19. The smallest absolute Gasteiger partial charge is 0.256 e. The van der Waals surface area contributed by atoms with Crippen LogP contribution >= 0.6 is 22.9 Å². The summed E-state index contributed by atoms with van der Waals surface area (Å²) in [6, 6.07) is 5.58. The predicted octanol–water partition coefficient (Wildman–Crippen LogP) is 5.09. The van der Waals surface area contributed by atoms with E-state index in [2.05, 4.69) is 12.2 Å². The highest BCUT2D eigenvalue weighted by molar-refractivity contribution is 7.10. The summed E-state index contributed by atoms with van der Waals surface area (Å²) >= 11 is 7.82. The van der Waals surface area contributed by atoms with Crippen molar-refractivity contribution in [1.82, 2.24) is 0 Å². The summed E-state index contributed by atoms with van der Waals surface area (Å²) in [7, 11) is 0. The highest BCUT2D eigenvalue weighted by Crippen LogP contribution is 2.33. The second-order valence-corrected chi connectivity index (χ2v) is 7.14. The zero-order chi connectivity index (χ0) is 15.0. The van der Waals surface area contributed by atoms with Crippen LogP contribution in [-0.2, 0) is 12.8 Å². The van der Waals surface area contributed by atoms with Gasteiger partial charge in [0, 0.05) is 21.0 Å². The number of anilines is 1. The molecule has 0 saturated heterocycles. The summed E-state index contributed by atoms with van der Waals surface area (Å²) in [6.45, 7) is 4.19. The molecule has 0 saturated carbocycles. The number of carbonyl (C=O) groups is 1. The van der Waals surface area contributed by atoms with Crippen molar-refractivity contribution < 1.29 is 4.79 Å². The van der Waals surface area contributed by atoms with Gasteiger partial charge in [0.2, 0.25) is 0 Å². The summed E-state index contributed by atoms with van der Waals surface area (Å²) in [5.74, 6) is 0.703. The lowest BCUT2D eigenvalue weighted by molar-refractivity contribution is 0.102. The molecular formula is C17H18ClNOS. The minimum absolute atomic E-state index is 0.0209. The number of hydrogen-bond acceptors (Lipinski definition) is 2. The zero-order valence-electron chi connectivity index (χ0n) is 12.2. The fourth-order valence-corrected chi connectivity index (χ4v) is 4.22. The largest absolute Gasteiger partial charge is 0.322 e. The van der Waals surface area contributed by atoms with Crippen molar-refractivity contribution in [3.63, 3.8) is 0 Å². The van der Waals surface area contributed by atoms with Gasteiger partial charge in [-0.25, -0.2) is 0 Å². The molecule has 4 heteroatoms. The Hall–Kier alpha value is -1.32. The maximum atomic E-state index is 12.5. The number of carbonyl (C=O) groups excluding carboxylic acids is 1. The third kappa shape index (κ3) is 2.85. The molecule has 0 radical (unpaired) electrons. The van der Waals surface area contributed by atoms with Gasteiger partial charge in [-0.2, -0.15) is 0 Å². The molecule has 0 fully saturated rings. The van der Waals surface area contributed by atoms with Gasteiger partial charge in [-0.15, -0.1) is 11.3 Å². The van der Waals surface area contributed by atoms with Gasteiger partial charge >= 0.3 is 0 Å². The van der Waals surface area contributed by atoms with E-state index in [1.807, 2.05) is 30.5 Å². The molecule has 1 aliphatic rings. The minimum atomic E-state index is -0.0209. The van der Waals surface area contributed by atoms with E-state index in [1.165, 1.54) is 16.9 Å². The molecule has 0 aliphatic heterocycles. The Morgan fingerprint density at radius 2 is 2.24 bits per heavy atom. The van der Waals surface area contributed by atoms with Gasteiger partial charge in [-0.1, -0.05) is 24.6 Å². The minimum Gasteiger partial charge on any atom is -0.322 e. The summed E-state index contributed by atoms with van der Waals surface area (Å²) in [5.41, 5.74) is 3.78. The summed E-state index contributed by atoms with van der Waals surface area (Å²) < 4.78 is 0. The number of hydrogen-bond donors (Lipinski definition) is 1. The average molecular weight is 320 g/mol. The number of rotatable bonds is 2. The number of benzene rings is 1. The standard InChI is InChI=1S/C17H18ClNOS/c1-10-6-7-12-13(9-21-16(12)8-10)17(20)19-15-5-3-4-14(18)11(15)2/h3-5,9-10H,6-8H2,1-2H3,(H,19,20). The molecule has 1 atom stereocenters. The number of nitrogens with one attached hydrogen (secondary N) is 1.